The molecule has 2 aliphatic heterocycles. The van der Waals surface area contributed by atoms with E-state index in [4.69, 9.17) is 9.47 Å². The SMILES string of the molecule is CCOC(=O)N1CCC2(CC1)CC(NC(=O)c1cccnc1)c1cc(Br)ccc1O2. The number of ether oxygens (including phenoxy) is 2. The number of benzene rings is 1. The van der Waals surface area contributed by atoms with Crippen molar-refractivity contribution in [2.75, 3.05) is 19.7 Å². The minimum absolute atomic E-state index is 0.167. The molecule has 0 bridgehead atoms. The van der Waals surface area contributed by atoms with Gasteiger partial charge in [-0.2, -0.15) is 0 Å². The van der Waals surface area contributed by atoms with Gasteiger partial charge in [-0.3, -0.25) is 9.78 Å². The van der Waals surface area contributed by atoms with E-state index in [2.05, 4.69) is 26.2 Å². The van der Waals surface area contributed by atoms with Crippen molar-refractivity contribution in [3.63, 3.8) is 0 Å². The number of hydrogen-bond donors (Lipinski definition) is 1. The minimum Gasteiger partial charge on any atom is -0.487 e. The molecule has 1 unspecified atom stereocenters. The van der Waals surface area contributed by atoms with Crippen LogP contribution in [0.2, 0.25) is 0 Å². The summed E-state index contributed by atoms with van der Waals surface area (Å²) in [6.45, 7) is 3.29. The molecule has 1 aromatic heterocycles. The third-order valence-corrected chi connectivity index (χ3v) is 6.17. The average molecular weight is 474 g/mol. The molecule has 4 rings (SSSR count). The van der Waals surface area contributed by atoms with Crippen LogP contribution < -0.4 is 10.1 Å². The van der Waals surface area contributed by atoms with Crippen LogP contribution in [0.5, 0.6) is 5.75 Å². The molecule has 2 amide bonds. The molecule has 158 valence electrons. The highest BCUT2D eigenvalue weighted by Crippen LogP contribution is 2.45. The third kappa shape index (κ3) is 4.28. The molecule has 1 N–H and O–H groups in total. The smallest absolute Gasteiger partial charge is 0.409 e. The number of nitrogens with one attached hydrogen (secondary N) is 1. The molecule has 1 atom stereocenters. The summed E-state index contributed by atoms with van der Waals surface area (Å²) >= 11 is 3.52. The van der Waals surface area contributed by atoms with Crippen LogP contribution >= 0.6 is 15.9 Å². The molecule has 0 aliphatic carbocycles. The highest BCUT2D eigenvalue weighted by atomic mass is 79.9. The van der Waals surface area contributed by atoms with E-state index in [0.29, 0.717) is 44.5 Å². The second kappa shape index (κ2) is 8.63. The van der Waals surface area contributed by atoms with E-state index in [1.807, 2.05) is 18.2 Å². The van der Waals surface area contributed by atoms with Crippen LogP contribution in [-0.2, 0) is 4.74 Å². The molecular formula is C22H24BrN3O4. The lowest BCUT2D eigenvalue weighted by Gasteiger charge is -2.46. The van der Waals surface area contributed by atoms with E-state index in [9.17, 15) is 9.59 Å². The molecule has 1 aromatic carbocycles. The number of aromatic nitrogens is 1. The summed E-state index contributed by atoms with van der Waals surface area (Å²) in [5.41, 5.74) is 1.03. The number of pyridine rings is 1. The zero-order valence-corrected chi connectivity index (χ0v) is 18.4. The first-order chi connectivity index (χ1) is 14.5. The second-order valence-electron chi connectivity index (χ2n) is 7.63. The highest BCUT2D eigenvalue weighted by molar-refractivity contribution is 9.10. The van der Waals surface area contributed by atoms with Crippen molar-refractivity contribution in [1.82, 2.24) is 15.2 Å². The quantitative estimate of drug-likeness (QED) is 0.725. The number of likely N-dealkylation sites (tertiary alicyclic amines) is 1. The first-order valence-corrected chi connectivity index (χ1v) is 10.9. The summed E-state index contributed by atoms with van der Waals surface area (Å²) in [6.07, 6.45) is 4.92. The maximum atomic E-state index is 12.8. The number of rotatable bonds is 3. The minimum atomic E-state index is -0.434. The van der Waals surface area contributed by atoms with E-state index in [1.54, 1.807) is 36.4 Å². The van der Waals surface area contributed by atoms with Gasteiger partial charge in [-0.25, -0.2) is 4.79 Å². The topological polar surface area (TPSA) is 80.8 Å². The number of hydrogen-bond acceptors (Lipinski definition) is 5. The monoisotopic (exact) mass is 473 g/mol. The molecule has 0 saturated carbocycles. The number of carbonyl (C=O) groups excluding carboxylic acids is 2. The Balaban J connectivity index is 1.55. The molecule has 3 heterocycles. The third-order valence-electron chi connectivity index (χ3n) is 5.68. The Morgan fingerprint density at radius 1 is 1.33 bits per heavy atom. The number of fused-ring (bicyclic) bond motifs is 1. The largest absolute Gasteiger partial charge is 0.487 e. The van der Waals surface area contributed by atoms with E-state index in [1.165, 1.54) is 0 Å². The summed E-state index contributed by atoms with van der Waals surface area (Å²) in [5.74, 6) is 0.602. The molecule has 2 aliphatic rings. The molecule has 2 aromatic rings. The number of carbonyl (C=O) groups is 2. The van der Waals surface area contributed by atoms with Gasteiger partial charge in [0, 0.05) is 54.8 Å². The molecule has 1 saturated heterocycles. The lowest BCUT2D eigenvalue weighted by molar-refractivity contribution is -0.0233. The fraction of sp³-hybridized carbons (Fsp3) is 0.409. The average Bonchev–Trinajstić information content (AvgIpc) is 2.75. The molecular weight excluding hydrogens is 450 g/mol. The Kier molecular flexibility index (Phi) is 5.94. The van der Waals surface area contributed by atoms with Crippen molar-refractivity contribution in [2.45, 2.75) is 37.8 Å². The summed E-state index contributed by atoms with van der Waals surface area (Å²) in [4.78, 5) is 30.6. The zero-order valence-electron chi connectivity index (χ0n) is 16.8. The van der Waals surface area contributed by atoms with E-state index in [-0.39, 0.29) is 18.0 Å². The fourth-order valence-corrected chi connectivity index (χ4v) is 4.51. The lowest BCUT2D eigenvalue weighted by atomic mass is 9.80. The second-order valence-corrected chi connectivity index (χ2v) is 8.54. The predicted octanol–water partition coefficient (Wildman–Crippen LogP) is 4.09. The van der Waals surface area contributed by atoms with Crippen molar-refractivity contribution in [2.24, 2.45) is 0 Å². The van der Waals surface area contributed by atoms with Crippen LogP contribution in [0.1, 0.15) is 48.1 Å². The number of piperidine rings is 1. The zero-order chi connectivity index (χ0) is 21.1. The number of nitrogens with zero attached hydrogens (tertiary/aromatic N) is 2. The lowest BCUT2D eigenvalue weighted by Crippen LogP contribution is -2.53. The summed E-state index contributed by atoms with van der Waals surface area (Å²) in [6, 6.07) is 9.15. The molecule has 1 fully saturated rings. The maximum Gasteiger partial charge on any atom is 0.409 e. The van der Waals surface area contributed by atoms with Gasteiger partial charge >= 0.3 is 6.09 Å². The van der Waals surface area contributed by atoms with Crippen LogP contribution in [0.3, 0.4) is 0 Å². The van der Waals surface area contributed by atoms with Crippen LogP contribution in [0.4, 0.5) is 4.79 Å². The standard InChI is InChI=1S/C22H24BrN3O4/c1-2-29-21(28)26-10-7-22(8-11-26)13-18(17-12-16(23)5-6-19(17)30-22)25-20(27)15-4-3-9-24-14-15/h3-6,9,12,14,18H,2,7-8,10-11,13H2,1H3,(H,25,27). The molecule has 1 spiro atoms. The van der Waals surface area contributed by atoms with Gasteiger partial charge in [-0.1, -0.05) is 15.9 Å². The van der Waals surface area contributed by atoms with Gasteiger partial charge in [0.05, 0.1) is 18.2 Å². The fourth-order valence-electron chi connectivity index (χ4n) is 4.13. The number of amides is 2. The van der Waals surface area contributed by atoms with Crippen LogP contribution in [-0.4, -0.2) is 47.2 Å². The van der Waals surface area contributed by atoms with Crippen LogP contribution in [0, 0.1) is 0 Å². The van der Waals surface area contributed by atoms with Crippen molar-refractivity contribution in [3.8, 4) is 5.75 Å². The Morgan fingerprint density at radius 2 is 2.13 bits per heavy atom. The maximum absolute atomic E-state index is 12.8. The Hall–Kier alpha value is -2.61. The van der Waals surface area contributed by atoms with Crippen molar-refractivity contribution >= 4 is 27.9 Å². The summed E-state index contributed by atoms with van der Waals surface area (Å²) < 4.78 is 12.5. The summed E-state index contributed by atoms with van der Waals surface area (Å²) in [7, 11) is 0. The first kappa shape index (κ1) is 20.7. The van der Waals surface area contributed by atoms with E-state index < -0.39 is 5.60 Å². The van der Waals surface area contributed by atoms with Gasteiger partial charge < -0.3 is 19.7 Å². The van der Waals surface area contributed by atoms with Crippen molar-refractivity contribution < 1.29 is 19.1 Å². The molecule has 8 heteroatoms. The Labute approximate surface area is 183 Å². The predicted molar refractivity (Wildman–Crippen MR) is 114 cm³/mol. The van der Waals surface area contributed by atoms with Gasteiger partial charge in [0.1, 0.15) is 11.4 Å². The van der Waals surface area contributed by atoms with Gasteiger partial charge in [0.2, 0.25) is 0 Å². The van der Waals surface area contributed by atoms with E-state index in [0.717, 1.165) is 15.8 Å². The van der Waals surface area contributed by atoms with Gasteiger partial charge in [-0.05, 0) is 37.3 Å². The van der Waals surface area contributed by atoms with Crippen molar-refractivity contribution in [1.29, 1.82) is 0 Å². The molecule has 30 heavy (non-hydrogen) atoms. The van der Waals surface area contributed by atoms with Crippen molar-refractivity contribution in [3.05, 3.63) is 58.3 Å². The highest BCUT2D eigenvalue weighted by Gasteiger charge is 2.44. The van der Waals surface area contributed by atoms with Gasteiger partial charge in [0.15, 0.2) is 0 Å². The normalized spacial score (nSPS) is 19.5. The molecule has 0 radical (unpaired) electrons. The molecule has 7 nitrogen and oxygen atoms in total. The first-order valence-electron chi connectivity index (χ1n) is 10.1. The van der Waals surface area contributed by atoms with Gasteiger partial charge in [0.25, 0.3) is 5.91 Å². The van der Waals surface area contributed by atoms with Gasteiger partial charge in [-0.15, -0.1) is 0 Å². The van der Waals surface area contributed by atoms with Crippen LogP contribution in [0.25, 0.3) is 0 Å². The Bertz CT molecular complexity index is 929. The summed E-state index contributed by atoms with van der Waals surface area (Å²) in [5, 5.41) is 3.16. The Morgan fingerprint density at radius 3 is 2.83 bits per heavy atom. The number of halogens is 1. The van der Waals surface area contributed by atoms with Crippen LogP contribution in [0.15, 0.2) is 47.2 Å². The van der Waals surface area contributed by atoms with E-state index >= 15 is 0 Å².